The van der Waals surface area contributed by atoms with Gasteiger partial charge < -0.3 is 4.74 Å². The van der Waals surface area contributed by atoms with Crippen molar-refractivity contribution in [1.82, 2.24) is 0 Å². The molecular weight excluding hydrogens is 408 g/mol. The molecule has 0 saturated carbocycles. The van der Waals surface area contributed by atoms with Crippen LogP contribution in [0.15, 0.2) is 96.3 Å². The molecule has 4 aromatic carbocycles. The zero-order chi connectivity index (χ0) is 21.1. The smallest absolute Gasteiger partial charge is 0.229 e. The van der Waals surface area contributed by atoms with Crippen molar-refractivity contribution < 1.29 is 14.3 Å². The summed E-state index contributed by atoms with van der Waals surface area (Å²) in [6.45, 7) is 0. The molecule has 0 spiro atoms. The third-order valence-electron chi connectivity index (χ3n) is 6.04. The summed E-state index contributed by atoms with van der Waals surface area (Å²) in [5, 5.41) is 2.65. The Morgan fingerprint density at radius 2 is 1.39 bits per heavy atom. The molecule has 1 aliphatic heterocycles. The Bertz CT molecular complexity index is 1450. The molecule has 1 unspecified atom stereocenters. The number of hydrogen-bond acceptors (Lipinski definition) is 3. The van der Waals surface area contributed by atoms with Gasteiger partial charge in [0.2, 0.25) is 5.78 Å². The van der Waals surface area contributed by atoms with Gasteiger partial charge in [0.1, 0.15) is 5.75 Å². The van der Waals surface area contributed by atoms with Crippen molar-refractivity contribution >= 4 is 33.9 Å². The lowest BCUT2D eigenvalue weighted by Crippen LogP contribution is -2.31. The molecule has 4 heteroatoms. The fourth-order valence-corrected chi connectivity index (χ4v) is 4.77. The summed E-state index contributed by atoms with van der Waals surface area (Å²) in [5.74, 6) is -0.164. The van der Waals surface area contributed by atoms with E-state index in [0.29, 0.717) is 27.5 Å². The van der Waals surface area contributed by atoms with Gasteiger partial charge in [-0.3, -0.25) is 9.59 Å². The maximum atomic E-state index is 13.7. The largest absolute Gasteiger partial charge is 0.452 e. The average Bonchev–Trinajstić information content (AvgIpc) is 2.81. The second kappa shape index (κ2) is 6.66. The molecule has 1 heterocycles. The zero-order valence-corrected chi connectivity index (χ0v) is 17.0. The fraction of sp³-hybridized carbons (Fsp3) is 0.0370. The number of benzene rings is 4. The van der Waals surface area contributed by atoms with Crippen LogP contribution in [0.1, 0.15) is 37.8 Å². The van der Waals surface area contributed by atoms with Crippen LogP contribution in [-0.2, 0) is 0 Å². The Morgan fingerprint density at radius 3 is 2.16 bits per heavy atom. The number of hydrogen-bond donors (Lipinski definition) is 0. The van der Waals surface area contributed by atoms with Crippen molar-refractivity contribution in [2.45, 2.75) is 5.92 Å². The number of halogens is 1. The van der Waals surface area contributed by atoms with E-state index >= 15 is 0 Å². The van der Waals surface area contributed by atoms with Gasteiger partial charge >= 0.3 is 0 Å². The van der Waals surface area contributed by atoms with E-state index in [1.54, 1.807) is 36.4 Å². The molecule has 1 atom stereocenters. The Kier molecular flexibility index (Phi) is 3.89. The molecule has 0 radical (unpaired) electrons. The molecule has 148 valence electrons. The van der Waals surface area contributed by atoms with Crippen LogP contribution in [0, 0.1) is 0 Å². The zero-order valence-electron chi connectivity index (χ0n) is 16.3. The third kappa shape index (κ3) is 2.60. The molecule has 0 amide bonds. The molecule has 6 rings (SSSR count). The topological polar surface area (TPSA) is 43.4 Å². The van der Waals surface area contributed by atoms with Gasteiger partial charge in [0, 0.05) is 27.6 Å². The summed E-state index contributed by atoms with van der Waals surface area (Å²) >= 11 is 6.14. The lowest BCUT2D eigenvalue weighted by molar-refractivity contribution is 0.0927. The van der Waals surface area contributed by atoms with Gasteiger partial charge in [0.25, 0.3) is 0 Å². The van der Waals surface area contributed by atoms with Gasteiger partial charge in [-0.1, -0.05) is 78.3 Å². The van der Waals surface area contributed by atoms with E-state index in [0.717, 1.165) is 21.9 Å². The molecular formula is C27H15ClO3. The van der Waals surface area contributed by atoms with Crippen LogP contribution in [0.5, 0.6) is 5.75 Å². The molecule has 31 heavy (non-hydrogen) atoms. The first-order chi connectivity index (χ1) is 15.1. The van der Waals surface area contributed by atoms with Crippen LogP contribution in [-0.4, -0.2) is 11.6 Å². The Balaban J connectivity index is 1.69. The lowest BCUT2D eigenvalue weighted by atomic mass is 9.74. The van der Waals surface area contributed by atoms with Crippen LogP contribution in [0.4, 0.5) is 0 Å². The highest BCUT2D eigenvalue weighted by Crippen LogP contribution is 2.49. The number of fused-ring (bicyclic) bond motifs is 4. The minimum atomic E-state index is -0.438. The minimum absolute atomic E-state index is 0.117. The standard InChI is InChI=1S/C27H15ClO3/c28-17-12-9-16(10-13-17)22-23-18-6-2-1-5-15(18)11-14-21(23)31-27-24(22)25(29)19-7-3-4-8-20(19)26(27)30/h1-14,22H. The molecule has 0 saturated heterocycles. The Labute approximate surface area is 183 Å². The first kappa shape index (κ1) is 18.1. The van der Waals surface area contributed by atoms with E-state index in [1.807, 2.05) is 48.5 Å². The molecule has 0 fully saturated rings. The van der Waals surface area contributed by atoms with E-state index < -0.39 is 5.92 Å². The molecule has 0 aromatic heterocycles. The summed E-state index contributed by atoms with van der Waals surface area (Å²) in [7, 11) is 0. The molecule has 3 nitrogen and oxygen atoms in total. The first-order valence-corrected chi connectivity index (χ1v) is 10.4. The number of ketones is 2. The maximum absolute atomic E-state index is 13.7. The number of allylic oxidation sites excluding steroid dienone is 2. The highest BCUT2D eigenvalue weighted by atomic mass is 35.5. The highest BCUT2D eigenvalue weighted by Gasteiger charge is 2.43. The number of ether oxygens (including phenoxy) is 1. The molecule has 0 bridgehead atoms. The molecule has 1 aliphatic carbocycles. The lowest BCUT2D eigenvalue weighted by Gasteiger charge is -2.33. The number of carbonyl (C=O) groups excluding carboxylic acids is 2. The van der Waals surface area contributed by atoms with Crippen LogP contribution < -0.4 is 4.74 Å². The van der Waals surface area contributed by atoms with E-state index in [9.17, 15) is 9.59 Å². The van der Waals surface area contributed by atoms with Gasteiger partial charge in [0.05, 0.1) is 5.57 Å². The van der Waals surface area contributed by atoms with Crippen molar-refractivity contribution in [3.63, 3.8) is 0 Å². The second-order valence-electron chi connectivity index (χ2n) is 7.73. The second-order valence-corrected chi connectivity index (χ2v) is 8.17. The maximum Gasteiger partial charge on any atom is 0.229 e. The van der Waals surface area contributed by atoms with Gasteiger partial charge in [-0.05, 0) is 34.5 Å². The predicted molar refractivity (Wildman–Crippen MR) is 120 cm³/mol. The number of Topliss-reactive ketones (excluding diaryl/α,β-unsaturated/α-hetero) is 2. The average molecular weight is 423 g/mol. The van der Waals surface area contributed by atoms with Crippen molar-refractivity contribution in [3.05, 3.63) is 124 Å². The fourth-order valence-electron chi connectivity index (χ4n) is 4.64. The van der Waals surface area contributed by atoms with Crippen LogP contribution in [0.3, 0.4) is 0 Å². The predicted octanol–water partition coefficient (Wildman–Crippen LogP) is 6.35. The summed E-state index contributed by atoms with van der Waals surface area (Å²) in [5.41, 5.74) is 2.95. The van der Waals surface area contributed by atoms with E-state index in [1.165, 1.54) is 0 Å². The van der Waals surface area contributed by atoms with Gasteiger partial charge in [-0.2, -0.15) is 0 Å². The number of rotatable bonds is 1. The highest BCUT2D eigenvalue weighted by molar-refractivity contribution is 6.30. The van der Waals surface area contributed by atoms with E-state index in [-0.39, 0.29) is 17.3 Å². The van der Waals surface area contributed by atoms with E-state index in [2.05, 4.69) is 0 Å². The van der Waals surface area contributed by atoms with Crippen molar-refractivity contribution in [2.24, 2.45) is 0 Å². The first-order valence-electron chi connectivity index (χ1n) is 10.0. The summed E-state index contributed by atoms with van der Waals surface area (Å²) in [6, 6.07) is 26.2. The van der Waals surface area contributed by atoms with Gasteiger partial charge in [-0.25, -0.2) is 0 Å². The van der Waals surface area contributed by atoms with E-state index in [4.69, 9.17) is 16.3 Å². The Morgan fingerprint density at radius 1 is 0.710 bits per heavy atom. The van der Waals surface area contributed by atoms with Crippen LogP contribution in [0.25, 0.3) is 10.8 Å². The van der Waals surface area contributed by atoms with Crippen molar-refractivity contribution in [3.8, 4) is 5.75 Å². The van der Waals surface area contributed by atoms with Gasteiger partial charge in [-0.15, -0.1) is 0 Å². The van der Waals surface area contributed by atoms with Crippen LogP contribution >= 0.6 is 11.6 Å². The monoisotopic (exact) mass is 422 g/mol. The third-order valence-corrected chi connectivity index (χ3v) is 6.29. The molecule has 0 N–H and O–H groups in total. The van der Waals surface area contributed by atoms with Crippen molar-refractivity contribution in [2.75, 3.05) is 0 Å². The summed E-state index contributed by atoms with van der Waals surface area (Å²) < 4.78 is 6.14. The van der Waals surface area contributed by atoms with Crippen LogP contribution in [0.2, 0.25) is 5.02 Å². The SMILES string of the molecule is O=C1C2=C(C(=O)c3ccccc31)C(c1ccc(Cl)cc1)c1c(ccc3ccccc13)O2. The molecule has 4 aromatic rings. The number of carbonyl (C=O) groups is 2. The molecule has 2 aliphatic rings. The van der Waals surface area contributed by atoms with Gasteiger partial charge in [0.15, 0.2) is 11.5 Å². The quantitative estimate of drug-likeness (QED) is 0.359. The van der Waals surface area contributed by atoms with Crippen molar-refractivity contribution in [1.29, 1.82) is 0 Å². The normalized spacial score (nSPS) is 17.1. The Hall–Kier alpha value is -3.69. The summed E-state index contributed by atoms with van der Waals surface area (Å²) in [4.78, 5) is 27.0. The summed E-state index contributed by atoms with van der Waals surface area (Å²) in [6.07, 6.45) is 0. The minimum Gasteiger partial charge on any atom is -0.452 e.